The summed E-state index contributed by atoms with van der Waals surface area (Å²) in [6.45, 7) is 2.04. The molecule has 0 unspecified atom stereocenters. The summed E-state index contributed by atoms with van der Waals surface area (Å²) < 4.78 is 1.88. The minimum atomic E-state index is -0.287. The number of aromatic hydroxyl groups is 1. The Balaban J connectivity index is 1.71. The maximum atomic E-state index is 12.7. The zero-order chi connectivity index (χ0) is 17.4. The number of fused-ring (bicyclic) bond motifs is 1. The van der Waals surface area contributed by atoms with Crippen LogP contribution < -0.4 is 5.32 Å². The van der Waals surface area contributed by atoms with Gasteiger partial charge in [-0.3, -0.25) is 4.79 Å². The molecule has 0 saturated carbocycles. The number of nitrogens with zero attached hydrogens (tertiary/aromatic N) is 2. The third-order valence-corrected chi connectivity index (χ3v) is 4.58. The highest BCUT2D eigenvalue weighted by atomic mass is 16.3. The number of anilines is 1. The van der Waals surface area contributed by atoms with Crippen LogP contribution in [0.15, 0.2) is 48.5 Å². The number of carbonyl (C=O) groups excluding carboxylic acids is 1. The van der Waals surface area contributed by atoms with Crippen molar-refractivity contribution in [2.75, 3.05) is 5.32 Å². The summed E-state index contributed by atoms with van der Waals surface area (Å²) in [5, 5.41) is 17.2. The number of hydrogen-bond acceptors (Lipinski definition) is 3. The van der Waals surface area contributed by atoms with Gasteiger partial charge in [0.05, 0.1) is 11.4 Å². The molecule has 0 bridgehead atoms. The predicted octanol–water partition coefficient (Wildman–Crippen LogP) is 3.63. The van der Waals surface area contributed by atoms with E-state index in [2.05, 4.69) is 10.4 Å². The Bertz CT molecular complexity index is 942. The van der Waals surface area contributed by atoms with E-state index >= 15 is 0 Å². The molecule has 1 amide bonds. The van der Waals surface area contributed by atoms with E-state index in [4.69, 9.17) is 0 Å². The molecule has 126 valence electrons. The maximum Gasteiger partial charge on any atom is 0.276 e. The minimum Gasteiger partial charge on any atom is -0.506 e. The topological polar surface area (TPSA) is 67.2 Å². The zero-order valence-electron chi connectivity index (χ0n) is 14.0. The number of phenols is 1. The summed E-state index contributed by atoms with van der Waals surface area (Å²) in [7, 11) is 0. The van der Waals surface area contributed by atoms with Gasteiger partial charge in [-0.25, -0.2) is 4.68 Å². The van der Waals surface area contributed by atoms with Gasteiger partial charge in [-0.05, 0) is 50.5 Å². The summed E-state index contributed by atoms with van der Waals surface area (Å²) >= 11 is 0. The Hall–Kier alpha value is -3.08. The Morgan fingerprint density at radius 3 is 2.64 bits per heavy atom. The van der Waals surface area contributed by atoms with Crippen LogP contribution in [0.5, 0.6) is 5.75 Å². The summed E-state index contributed by atoms with van der Waals surface area (Å²) in [5.41, 5.74) is 5.09. The van der Waals surface area contributed by atoms with E-state index in [0.29, 0.717) is 11.4 Å². The van der Waals surface area contributed by atoms with Crippen LogP contribution in [0.2, 0.25) is 0 Å². The van der Waals surface area contributed by atoms with Gasteiger partial charge in [-0.1, -0.05) is 29.8 Å². The number of carbonyl (C=O) groups is 1. The molecule has 0 fully saturated rings. The molecule has 1 heterocycles. The Labute approximate surface area is 145 Å². The van der Waals surface area contributed by atoms with Gasteiger partial charge in [-0.2, -0.15) is 5.10 Å². The monoisotopic (exact) mass is 333 g/mol. The van der Waals surface area contributed by atoms with Crippen molar-refractivity contribution in [1.29, 1.82) is 0 Å². The highest BCUT2D eigenvalue weighted by Gasteiger charge is 2.27. The lowest BCUT2D eigenvalue weighted by atomic mass is 10.2. The second-order valence-electron chi connectivity index (χ2n) is 6.35. The molecule has 4 rings (SSSR count). The number of rotatable bonds is 3. The highest BCUT2D eigenvalue weighted by molar-refractivity contribution is 6.05. The normalized spacial score (nSPS) is 12.8. The number of aromatic nitrogens is 2. The first-order valence-electron chi connectivity index (χ1n) is 8.40. The fraction of sp³-hybridized carbons (Fsp3) is 0.200. The molecule has 5 heteroatoms. The maximum absolute atomic E-state index is 12.7. The van der Waals surface area contributed by atoms with Crippen molar-refractivity contribution in [2.24, 2.45) is 0 Å². The van der Waals surface area contributed by atoms with E-state index < -0.39 is 0 Å². The number of hydrogen-bond donors (Lipinski definition) is 2. The van der Waals surface area contributed by atoms with Crippen LogP contribution in [0, 0.1) is 6.92 Å². The summed E-state index contributed by atoms with van der Waals surface area (Å²) in [6, 6.07) is 14.8. The number of nitrogens with one attached hydrogen (secondary N) is 1. The number of aryl methyl sites for hydroxylation is 1. The molecule has 1 aromatic heterocycles. The fourth-order valence-corrected chi connectivity index (χ4v) is 3.28. The molecule has 0 radical (unpaired) electrons. The summed E-state index contributed by atoms with van der Waals surface area (Å²) in [4.78, 5) is 12.7. The van der Waals surface area contributed by atoms with Crippen LogP contribution in [0.1, 0.15) is 33.7 Å². The molecule has 2 aromatic carbocycles. The Kier molecular flexibility index (Phi) is 3.76. The van der Waals surface area contributed by atoms with Crippen LogP contribution >= 0.6 is 0 Å². The van der Waals surface area contributed by atoms with Crippen LogP contribution in [0.4, 0.5) is 5.69 Å². The smallest absolute Gasteiger partial charge is 0.276 e. The van der Waals surface area contributed by atoms with Crippen molar-refractivity contribution in [3.63, 3.8) is 0 Å². The van der Waals surface area contributed by atoms with E-state index in [1.54, 1.807) is 24.3 Å². The number of phenolic OH excluding ortho intramolecular Hbond substituents is 1. The first-order chi connectivity index (χ1) is 12.1. The Morgan fingerprint density at radius 1 is 1.12 bits per heavy atom. The second kappa shape index (κ2) is 6.09. The first-order valence-corrected chi connectivity index (χ1v) is 8.40. The number of benzene rings is 2. The van der Waals surface area contributed by atoms with Crippen molar-refractivity contribution in [3.8, 4) is 11.4 Å². The van der Waals surface area contributed by atoms with E-state index in [9.17, 15) is 9.90 Å². The van der Waals surface area contributed by atoms with E-state index in [1.807, 2.05) is 35.9 Å². The van der Waals surface area contributed by atoms with Crippen molar-refractivity contribution in [1.82, 2.24) is 9.78 Å². The van der Waals surface area contributed by atoms with Gasteiger partial charge >= 0.3 is 0 Å². The Morgan fingerprint density at radius 2 is 1.88 bits per heavy atom. The molecule has 3 aromatic rings. The van der Waals surface area contributed by atoms with Gasteiger partial charge in [0.15, 0.2) is 5.69 Å². The molecule has 0 aliphatic heterocycles. The lowest BCUT2D eigenvalue weighted by molar-refractivity contribution is 0.102. The van der Waals surface area contributed by atoms with E-state index in [1.165, 1.54) is 5.56 Å². The van der Waals surface area contributed by atoms with E-state index in [0.717, 1.165) is 36.2 Å². The van der Waals surface area contributed by atoms with Gasteiger partial charge in [0.1, 0.15) is 5.75 Å². The van der Waals surface area contributed by atoms with Crippen LogP contribution in [-0.2, 0) is 12.8 Å². The third-order valence-electron chi connectivity index (χ3n) is 4.58. The highest BCUT2D eigenvalue weighted by Crippen LogP contribution is 2.29. The van der Waals surface area contributed by atoms with Gasteiger partial charge < -0.3 is 10.4 Å². The van der Waals surface area contributed by atoms with Crippen molar-refractivity contribution < 1.29 is 9.90 Å². The standard InChI is InChI=1S/C20H19N3O2/c1-13-9-11-14(12-10-13)23-17-7-4-5-15(17)19(22-23)20(25)21-16-6-2-3-8-18(16)24/h2-3,6,8-12,24H,4-5,7H2,1H3,(H,21,25). The summed E-state index contributed by atoms with van der Waals surface area (Å²) in [6.07, 6.45) is 2.79. The third kappa shape index (κ3) is 2.78. The molecular weight excluding hydrogens is 314 g/mol. The van der Waals surface area contributed by atoms with E-state index in [-0.39, 0.29) is 11.7 Å². The van der Waals surface area contributed by atoms with Gasteiger partial charge in [-0.15, -0.1) is 0 Å². The van der Waals surface area contributed by atoms with Crippen LogP contribution in [0.25, 0.3) is 5.69 Å². The molecule has 1 aliphatic carbocycles. The number of para-hydroxylation sites is 2. The average molecular weight is 333 g/mol. The first kappa shape index (κ1) is 15.4. The lowest BCUT2D eigenvalue weighted by Gasteiger charge is -2.07. The predicted molar refractivity (Wildman–Crippen MR) is 96.4 cm³/mol. The lowest BCUT2D eigenvalue weighted by Crippen LogP contribution is -2.15. The van der Waals surface area contributed by atoms with Crippen molar-refractivity contribution >= 4 is 11.6 Å². The molecule has 0 atom stereocenters. The van der Waals surface area contributed by atoms with Crippen LogP contribution in [0.3, 0.4) is 0 Å². The van der Waals surface area contributed by atoms with Gasteiger partial charge in [0.25, 0.3) is 5.91 Å². The van der Waals surface area contributed by atoms with Gasteiger partial charge in [0, 0.05) is 11.3 Å². The SMILES string of the molecule is Cc1ccc(-n2nc(C(=O)Nc3ccccc3O)c3c2CCC3)cc1. The zero-order valence-corrected chi connectivity index (χ0v) is 14.0. The minimum absolute atomic E-state index is 0.0467. The number of amides is 1. The molecular formula is C20H19N3O2. The molecule has 0 spiro atoms. The van der Waals surface area contributed by atoms with Gasteiger partial charge in [0.2, 0.25) is 0 Å². The van der Waals surface area contributed by atoms with Crippen molar-refractivity contribution in [3.05, 3.63) is 71.0 Å². The van der Waals surface area contributed by atoms with Crippen molar-refractivity contribution in [2.45, 2.75) is 26.2 Å². The molecule has 2 N–H and O–H groups in total. The molecule has 1 aliphatic rings. The average Bonchev–Trinajstić information content (AvgIpc) is 3.20. The largest absolute Gasteiger partial charge is 0.506 e. The molecule has 0 saturated heterocycles. The molecule has 5 nitrogen and oxygen atoms in total. The summed E-state index contributed by atoms with van der Waals surface area (Å²) in [5.74, 6) is -0.240. The second-order valence-corrected chi connectivity index (χ2v) is 6.35. The van der Waals surface area contributed by atoms with Crippen LogP contribution in [-0.4, -0.2) is 20.8 Å². The fourth-order valence-electron chi connectivity index (χ4n) is 3.28. The quantitative estimate of drug-likeness (QED) is 0.719. The molecule has 25 heavy (non-hydrogen) atoms.